The number of alkyl halides is 3. The summed E-state index contributed by atoms with van der Waals surface area (Å²) in [6, 6.07) is 3.42. The van der Waals surface area contributed by atoms with Crippen LogP contribution in [0.1, 0.15) is 15.9 Å². The van der Waals surface area contributed by atoms with Gasteiger partial charge in [0, 0.05) is 10.5 Å². The lowest BCUT2D eigenvalue weighted by Crippen LogP contribution is -2.05. The molecule has 7 heteroatoms. The molecule has 0 aliphatic rings. The van der Waals surface area contributed by atoms with Crippen LogP contribution < -0.4 is 0 Å². The van der Waals surface area contributed by atoms with Gasteiger partial charge in [-0.2, -0.15) is 13.2 Å². The third-order valence-corrected chi connectivity index (χ3v) is 1.59. The molecule has 1 aromatic rings. The van der Waals surface area contributed by atoms with Gasteiger partial charge in [-0.25, -0.2) is 0 Å². The van der Waals surface area contributed by atoms with E-state index in [0.29, 0.717) is 0 Å². The van der Waals surface area contributed by atoms with Gasteiger partial charge in [0.25, 0.3) is 0 Å². The van der Waals surface area contributed by atoms with Crippen molar-refractivity contribution < 1.29 is 18.0 Å². The first kappa shape index (κ1) is 11.1. The highest BCUT2D eigenvalue weighted by molar-refractivity contribution is 5.94. The zero-order valence-corrected chi connectivity index (χ0v) is 7.19. The van der Waals surface area contributed by atoms with Gasteiger partial charge in [0.2, 0.25) is 5.91 Å². The molecular formula is C8H4F3N3O. The van der Waals surface area contributed by atoms with Crippen molar-refractivity contribution in [3.63, 3.8) is 0 Å². The average Bonchev–Trinajstić information content (AvgIpc) is 2.17. The number of rotatable bonds is 1. The van der Waals surface area contributed by atoms with Gasteiger partial charge in [0.1, 0.15) is 0 Å². The number of benzene rings is 1. The number of nitrogens with zero attached hydrogens (tertiary/aromatic N) is 3. The molecule has 0 atom stereocenters. The molecule has 1 aromatic carbocycles. The predicted octanol–water partition coefficient (Wildman–Crippen LogP) is 3.16. The quantitative estimate of drug-likeness (QED) is 0.403. The van der Waals surface area contributed by atoms with Crippen LogP contribution in [0.3, 0.4) is 0 Å². The third-order valence-electron chi connectivity index (χ3n) is 1.59. The highest BCUT2D eigenvalue weighted by Crippen LogP contribution is 2.29. The molecule has 0 saturated heterocycles. The highest BCUT2D eigenvalue weighted by Gasteiger charge is 2.30. The minimum absolute atomic E-state index is 0.0826. The van der Waals surface area contributed by atoms with Crippen LogP contribution in [-0.4, -0.2) is 5.91 Å². The van der Waals surface area contributed by atoms with Crippen LogP contribution in [0.5, 0.6) is 0 Å². The molecule has 0 aliphatic carbocycles. The lowest BCUT2D eigenvalue weighted by Gasteiger charge is -2.05. The van der Waals surface area contributed by atoms with E-state index in [1.807, 2.05) is 0 Å². The fourth-order valence-electron chi connectivity index (χ4n) is 0.900. The summed E-state index contributed by atoms with van der Waals surface area (Å²) in [5.41, 5.74) is 7.00. The maximum atomic E-state index is 12.1. The Balaban J connectivity index is 3.00. The standard InChI is InChI=1S/C8H4F3N3O/c9-8(10,11)6-3-1-5(2-4-6)7(15)13-14-12/h1-4H. The Morgan fingerprint density at radius 2 is 1.80 bits per heavy atom. The zero-order valence-electron chi connectivity index (χ0n) is 7.19. The van der Waals surface area contributed by atoms with E-state index in [0.717, 1.165) is 24.3 Å². The SMILES string of the molecule is [N-]=[N+]=NC(=O)c1ccc(C(F)(F)F)cc1. The van der Waals surface area contributed by atoms with E-state index in [1.165, 1.54) is 0 Å². The van der Waals surface area contributed by atoms with Crippen LogP contribution in [0.4, 0.5) is 13.2 Å². The second-order valence-electron chi connectivity index (χ2n) is 2.57. The Morgan fingerprint density at radius 1 is 1.27 bits per heavy atom. The monoisotopic (exact) mass is 215 g/mol. The van der Waals surface area contributed by atoms with Crippen LogP contribution >= 0.6 is 0 Å². The van der Waals surface area contributed by atoms with Crippen molar-refractivity contribution in [2.45, 2.75) is 6.18 Å². The second-order valence-corrected chi connectivity index (χ2v) is 2.57. The first-order valence-corrected chi connectivity index (χ1v) is 3.72. The molecule has 0 N–H and O–H groups in total. The van der Waals surface area contributed by atoms with E-state index in [9.17, 15) is 18.0 Å². The van der Waals surface area contributed by atoms with Crippen molar-refractivity contribution in [3.8, 4) is 0 Å². The van der Waals surface area contributed by atoms with Crippen molar-refractivity contribution in [2.24, 2.45) is 5.11 Å². The molecule has 0 heterocycles. The Labute approximate surface area is 82.0 Å². The molecule has 1 rings (SSSR count). The Hall–Kier alpha value is -2.01. The summed E-state index contributed by atoms with van der Waals surface area (Å²) in [5, 5.41) is 2.75. The molecule has 0 aromatic heterocycles. The van der Waals surface area contributed by atoms with Crippen molar-refractivity contribution in [1.29, 1.82) is 0 Å². The number of hydrogen-bond donors (Lipinski definition) is 0. The molecule has 0 unspecified atom stereocenters. The largest absolute Gasteiger partial charge is 0.416 e. The summed E-state index contributed by atoms with van der Waals surface area (Å²) < 4.78 is 36.3. The van der Waals surface area contributed by atoms with Crippen molar-refractivity contribution in [3.05, 3.63) is 45.8 Å². The van der Waals surface area contributed by atoms with E-state index < -0.39 is 17.6 Å². The number of azide groups is 1. The molecule has 0 fully saturated rings. The molecule has 4 nitrogen and oxygen atoms in total. The molecule has 0 bridgehead atoms. The van der Waals surface area contributed by atoms with Crippen LogP contribution in [0, 0.1) is 0 Å². The number of carbonyl (C=O) groups is 1. The van der Waals surface area contributed by atoms with E-state index in [2.05, 4.69) is 10.0 Å². The fraction of sp³-hybridized carbons (Fsp3) is 0.125. The molecule has 0 saturated carbocycles. The minimum atomic E-state index is -4.44. The number of carbonyl (C=O) groups excluding carboxylic acids is 1. The normalized spacial score (nSPS) is 10.6. The Morgan fingerprint density at radius 3 is 2.20 bits per heavy atom. The summed E-state index contributed by atoms with van der Waals surface area (Å²) in [5.74, 6) is -0.911. The van der Waals surface area contributed by atoms with Gasteiger partial charge in [0.05, 0.1) is 5.56 Å². The second kappa shape index (κ2) is 4.02. The van der Waals surface area contributed by atoms with E-state index in [4.69, 9.17) is 5.53 Å². The average molecular weight is 215 g/mol. The maximum absolute atomic E-state index is 12.1. The van der Waals surface area contributed by atoms with Gasteiger partial charge < -0.3 is 0 Å². The molecule has 0 aliphatic heterocycles. The lowest BCUT2D eigenvalue weighted by atomic mass is 10.1. The highest BCUT2D eigenvalue weighted by atomic mass is 19.4. The summed E-state index contributed by atoms with van der Waals surface area (Å²) in [6.07, 6.45) is -4.44. The fourth-order valence-corrected chi connectivity index (χ4v) is 0.900. The molecule has 15 heavy (non-hydrogen) atoms. The van der Waals surface area contributed by atoms with E-state index in [-0.39, 0.29) is 5.56 Å². The topological polar surface area (TPSA) is 65.8 Å². The lowest BCUT2D eigenvalue weighted by molar-refractivity contribution is -0.137. The molecule has 0 radical (unpaired) electrons. The first-order chi connectivity index (χ1) is 6.95. The minimum Gasteiger partial charge on any atom is -0.287 e. The first-order valence-electron chi connectivity index (χ1n) is 3.72. The summed E-state index contributed by atoms with van der Waals surface area (Å²) in [7, 11) is 0. The number of amides is 1. The van der Waals surface area contributed by atoms with Gasteiger partial charge in [-0.1, -0.05) is 12.1 Å². The summed E-state index contributed by atoms with van der Waals surface area (Å²) in [6.45, 7) is 0. The molecule has 1 amide bonds. The predicted molar refractivity (Wildman–Crippen MR) is 44.9 cm³/mol. The Kier molecular flexibility index (Phi) is 2.96. The van der Waals surface area contributed by atoms with Gasteiger partial charge in [-0.15, -0.1) is 0 Å². The Bertz CT molecular complexity index is 418. The van der Waals surface area contributed by atoms with Gasteiger partial charge >= 0.3 is 6.18 Å². The van der Waals surface area contributed by atoms with Crippen LogP contribution in [-0.2, 0) is 6.18 Å². The van der Waals surface area contributed by atoms with Crippen LogP contribution in [0.15, 0.2) is 29.4 Å². The zero-order chi connectivity index (χ0) is 11.5. The van der Waals surface area contributed by atoms with Crippen LogP contribution in [0.2, 0.25) is 0 Å². The molecule has 0 spiro atoms. The van der Waals surface area contributed by atoms with Gasteiger partial charge in [-0.3, -0.25) is 4.79 Å². The van der Waals surface area contributed by atoms with Gasteiger partial charge in [0.15, 0.2) is 0 Å². The van der Waals surface area contributed by atoms with Crippen LogP contribution in [0.25, 0.3) is 10.4 Å². The number of hydrogen-bond acceptors (Lipinski definition) is 1. The number of halogens is 3. The smallest absolute Gasteiger partial charge is 0.287 e. The maximum Gasteiger partial charge on any atom is 0.416 e. The third kappa shape index (κ3) is 2.72. The van der Waals surface area contributed by atoms with Crippen molar-refractivity contribution in [1.82, 2.24) is 0 Å². The van der Waals surface area contributed by atoms with E-state index in [1.54, 1.807) is 0 Å². The molecule has 78 valence electrons. The summed E-state index contributed by atoms with van der Waals surface area (Å²) >= 11 is 0. The van der Waals surface area contributed by atoms with Crippen molar-refractivity contribution in [2.75, 3.05) is 0 Å². The van der Waals surface area contributed by atoms with Gasteiger partial charge in [-0.05, 0) is 22.8 Å². The van der Waals surface area contributed by atoms with Crippen molar-refractivity contribution >= 4 is 5.91 Å². The molecular weight excluding hydrogens is 211 g/mol. The van der Waals surface area contributed by atoms with E-state index >= 15 is 0 Å². The summed E-state index contributed by atoms with van der Waals surface area (Å²) in [4.78, 5) is 13.1.